The first-order valence-corrected chi connectivity index (χ1v) is 20.3. The topological polar surface area (TPSA) is 74.1 Å². The van der Waals surface area contributed by atoms with Gasteiger partial charge >= 0.3 is 0 Å². The minimum Gasteiger partial charge on any atom is -0.497 e. The Hall–Kier alpha value is -3.51. The number of nitrogens with zero attached hydrogens (tertiary/aromatic N) is 3. The van der Waals surface area contributed by atoms with Gasteiger partial charge in [-0.15, -0.1) is 0 Å². The minimum absolute atomic E-state index is 0.128. The number of hydrogen-bond acceptors (Lipinski definition) is 7. The van der Waals surface area contributed by atoms with Gasteiger partial charge in [-0.05, 0) is 81.5 Å². The summed E-state index contributed by atoms with van der Waals surface area (Å²) in [6, 6.07) is 26.4. The van der Waals surface area contributed by atoms with Crippen molar-refractivity contribution in [1.29, 1.82) is 0 Å². The highest BCUT2D eigenvalue weighted by Gasteiger charge is 2.43. The molecular weight excluding hydrogens is 685 g/mol. The molecule has 0 saturated carbocycles. The van der Waals surface area contributed by atoms with Gasteiger partial charge in [-0.25, -0.2) is 11.2 Å². The maximum Gasteiger partial charge on any atom is 0.259 e. The van der Waals surface area contributed by atoms with Crippen LogP contribution in [0.3, 0.4) is 0 Å². The molecule has 3 atom stereocenters. The molecule has 0 N–H and O–H groups in total. The normalized spacial score (nSPS) is 16.7. The van der Waals surface area contributed by atoms with Crippen molar-refractivity contribution in [2.75, 3.05) is 40.5 Å². The first kappa shape index (κ1) is 42.2. The summed E-state index contributed by atoms with van der Waals surface area (Å²) in [5, 5.41) is 0. The Morgan fingerprint density at radius 2 is 1.43 bits per heavy atom. The van der Waals surface area contributed by atoms with Crippen LogP contribution in [0.1, 0.15) is 96.3 Å². The number of likely N-dealkylation sites (tertiary alicyclic amines) is 1. The third-order valence-electron chi connectivity index (χ3n) is 9.75. The number of carbonyl (C=O) groups is 1. The summed E-state index contributed by atoms with van der Waals surface area (Å²) in [5.41, 5.74) is 1.84. The second kappa shape index (κ2) is 21.4. The first-order valence-electron chi connectivity index (χ1n) is 19.2. The van der Waals surface area contributed by atoms with E-state index < -0.39 is 14.1 Å². The summed E-state index contributed by atoms with van der Waals surface area (Å²) in [6.07, 6.45) is 6.23. The molecule has 0 bridgehead atoms. The van der Waals surface area contributed by atoms with Crippen molar-refractivity contribution in [3.05, 3.63) is 107 Å². The van der Waals surface area contributed by atoms with Gasteiger partial charge in [-0.2, -0.15) is 0 Å². The average molecular weight is 746 g/mol. The van der Waals surface area contributed by atoms with Gasteiger partial charge in [-0.1, -0.05) is 87.2 Å². The zero-order valence-electron chi connectivity index (χ0n) is 32.8. The number of rotatable bonds is 22. The van der Waals surface area contributed by atoms with Crippen LogP contribution in [-0.4, -0.2) is 80.2 Å². The number of carbonyl (C=O) groups excluding carboxylic acids is 1. The SMILES string of the molecule is [C-]#[N+]CCOP(O[C@@H]1C[C@@H](COC(c2ccccc2)(c2ccc(OC)cc2)c2ccc(OC)cc2)N(C(=O)CCCCCCC)C1)N(C(C)C)C(C)C. The van der Waals surface area contributed by atoms with Gasteiger partial charge in [0.25, 0.3) is 8.53 Å². The van der Waals surface area contributed by atoms with Crippen molar-refractivity contribution < 1.29 is 28.1 Å². The number of benzene rings is 3. The predicted molar refractivity (Wildman–Crippen MR) is 213 cm³/mol. The van der Waals surface area contributed by atoms with Crippen molar-refractivity contribution in [3.8, 4) is 11.5 Å². The highest BCUT2D eigenvalue weighted by Crippen LogP contribution is 2.49. The van der Waals surface area contributed by atoms with Crippen LogP contribution in [0.15, 0.2) is 78.9 Å². The first-order chi connectivity index (χ1) is 25.7. The van der Waals surface area contributed by atoms with Crippen LogP contribution in [0.2, 0.25) is 0 Å². The fourth-order valence-corrected chi connectivity index (χ4v) is 8.85. The fraction of sp³-hybridized carbons (Fsp3) is 0.535. The second-order valence-corrected chi connectivity index (χ2v) is 15.6. The largest absolute Gasteiger partial charge is 0.497 e. The maximum absolute atomic E-state index is 14.1. The summed E-state index contributed by atoms with van der Waals surface area (Å²) < 4.78 is 33.8. The van der Waals surface area contributed by atoms with Crippen LogP contribution in [0.25, 0.3) is 4.85 Å². The summed E-state index contributed by atoms with van der Waals surface area (Å²) in [5.74, 6) is 1.64. The molecule has 1 amide bonds. The van der Waals surface area contributed by atoms with Crippen LogP contribution in [0, 0.1) is 6.57 Å². The Labute approximate surface area is 319 Å². The summed E-state index contributed by atoms with van der Waals surface area (Å²) in [7, 11) is 1.86. The molecule has 0 radical (unpaired) electrons. The maximum atomic E-state index is 14.1. The Balaban J connectivity index is 1.72. The zero-order chi connectivity index (χ0) is 38.2. The van der Waals surface area contributed by atoms with Gasteiger partial charge in [-0.3, -0.25) is 4.79 Å². The highest BCUT2D eigenvalue weighted by molar-refractivity contribution is 7.44. The molecule has 1 aliphatic rings. The molecule has 0 aromatic heterocycles. The third-order valence-corrected chi connectivity index (χ3v) is 11.9. The van der Waals surface area contributed by atoms with Crippen molar-refractivity contribution in [2.45, 2.75) is 109 Å². The molecule has 1 unspecified atom stereocenters. The number of unbranched alkanes of at least 4 members (excludes halogenated alkanes) is 4. The molecule has 1 heterocycles. The van der Waals surface area contributed by atoms with Gasteiger partial charge in [0.2, 0.25) is 12.5 Å². The number of ether oxygens (including phenoxy) is 3. The molecule has 53 heavy (non-hydrogen) atoms. The summed E-state index contributed by atoms with van der Waals surface area (Å²) >= 11 is 0. The molecule has 4 rings (SSSR count). The lowest BCUT2D eigenvalue weighted by Gasteiger charge is -2.38. The Kier molecular flexibility index (Phi) is 17.1. The standard InChI is InChI=1S/C43H60N3O6P/c1-9-10-11-12-16-19-42(47)45-31-41(52-53(51-29-28-44-6)46(33(2)3)34(4)5)30-38(45)32-50-43(35-17-14-13-15-18-35,36-20-24-39(48-7)25-21-36)37-22-26-40(49-8)27-23-37/h13-15,17-18,20-27,33-34,38,41H,9-12,16,19,28-32H2,1-5,7-8H3/t38-,41+,53?/m0/s1. The highest BCUT2D eigenvalue weighted by atomic mass is 31.2. The van der Waals surface area contributed by atoms with Gasteiger partial charge in [0.05, 0.1) is 33.0 Å². The van der Waals surface area contributed by atoms with E-state index in [4.69, 9.17) is 29.8 Å². The second-order valence-electron chi connectivity index (χ2n) is 14.2. The third kappa shape index (κ3) is 11.3. The van der Waals surface area contributed by atoms with Crippen molar-refractivity contribution in [2.24, 2.45) is 0 Å². The quantitative estimate of drug-likeness (QED) is 0.0439. The lowest BCUT2D eigenvalue weighted by Crippen LogP contribution is -2.42. The van der Waals surface area contributed by atoms with E-state index in [1.54, 1.807) is 14.2 Å². The molecule has 0 spiro atoms. The van der Waals surface area contributed by atoms with Gasteiger partial charge < -0.3 is 33.0 Å². The van der Waals surface area contributed by atoms with E-state index in [0.717, 1.165) is 53.9 Å². The fourth-order valence-electron chi connectivity index (χ4n) is 7.15. The van der Waals surface area contributed by atoms with Gasteiger partial charge in [0.1, 0.15) is 23.7 Å². The average Bonchev–Trinajstić information content (AvgIpc) is 3.58. The lowest BCUT2D eigenvalue weighted by molar-refractivity contribution is -0.134. The summed E-state index contributed by atoms with van der Waals surface area (Å²) in [6.45, 7) is 19.4. The van der Waals surface area contributed by atoms with E-state index in [1.165, 1.54) is 6.42 Å². The molecule has 288 valence electrons. The van der Waals surface area contributed by atoms with Crippen LogP contribution >= 0.6 is 8.53 Å². The molecule has 1 saturated heterocycles. The molecular formula is C43H60N3O6P. The van der Waals surface area contributed by atoms with Crippen LogP contribution < -0.4 is 9.47 Å². The van der Waals surface area contributed by atoms with E-state index >= 15 is 0 Å². The Bertz CT molecular complexity index is 1490. The van der Waals surface area contributed by atoms with Gasteiger partial charge in [0.15, 0.2) is 0 Å². The Morgan fingerprint density at radius 3 is 1.96 bits per heavy atom. The lowest BCUT2D eigenvalue weighted by atomic mass is 9.80. The molecule has 9 nitrogen and oxygen atoms in total. The molecule has 1 aliphatic heterocycles. The molecule has 3 aromatic rings. The van der Waals surface area contributed by atoms with E-state index in [0.29, 0.717) is 26.0 Å². The molecule has 10 heteroatoms. The predicted octanol–water partition coefficient (Wildman–Crippen LogP) is 9.64. The van der Waals surface area contributed by atoms with E-state index in [9.17, 15) is 4.79 Å². The number of methoxy groups -OCH3 is 2. The van der Waals surface area contributed by atoms with E-state index in [1.807, 2.05) is 47.4 Å². The van der Waals surface area contributed by atoms with E-state index in [-0.39, 0.29) is 43.3 Å². The van der Waals surface area contributed by atoms with Crippen molar-refractivity contribution >= 4 is 14.4 Å². The zero-order valence-corrected chi connectivity index (χ0v) is 33.7. The minimum atomic E-state index is -1.46. The van der Waals surface area contributed by atoms with Crippen LogP contribution in [0.4, 0.5) is 0 Å². The summed E-state index contributed by atoms with van der Waals surface area (Å²) in [4.78, 5) is 19.6. The monoisotopic (exact) mass is 745 g/mol. The number of hydrogen-bond donors (Lipinski definition) is 0. The molecule has 1 fully saturated rings. The van der Waals surface area contributed by atoms with Gasteiger partial charge in [0, 0.05) is 25.0 Å². The van der Waals surface area contributed by atoms with Crippen molar-refractivity contribution in [3.63, 3.8) is 0 Å². The Morgan fingerprint density at radius 1 is 0.868 bits per heavy atom. The smallest absolute Gasteiger partial charge is 0.259 e. The molecule has 3 aromatic carbocycles. The van der Waals surface area contributed by atoms with Crippen LogP contribution in [-0.2, 0) is 24.2 Å². The van der Waals surface area contributed by atoms with Crippen molar-refractivity contribution in [1.82, 2.24) is 9.57 Å². The van der Waals surface area contributed by atoms with Crippen LogP contribution in [0.5, 0.6) is 11.5 Å². The molecule has 0 aliphatic carbocycles. The number of amides is 1. The van der Waals surface area contributed by atoms with E-state index in [2.05, 4.69) is 80.5 Å².